The third-order valence-electron chi connectivity index (χ3n) is 5.61. The van der Waals surface area contributed by atoms with E-state index in [1.807, 2.05) is 6.92 Å². The Labute approximate surface area is 177 Å². The van der Waals surface area contributed by atoms with Crippen LogP contribution >= 0.6 is 0 Å². The summed E-state index contributed by atoms with van der Waals surface area (Å²) in [5.41, 5.74) is -0.837. The largest absolute Gasteiger partial charge is 0.387 e. The minimum atomic E-state index is -0.837. The van der Waals surface area contributed by atoms with Gasteiger partial charge in [-0.25, -0.2) is 0 Å². The van der Waals surface area contributed by atoms with Gasteiger partial charge in [-0.3, -0.25) is 9.89 Å². The number of hydrogen-bond donors (Lipinski definition) is 3. The van der Waals surface area contributed by atoms with E-state index in [1.54, 1.807) is 0 Å². The Morgan fingerprint density at radius 3 is 2.62 bits per heavy atom. The van der Waals surface area contributed by atoms with Crippen LogP contribution in [0.5, 0.6) is 0 Å². The highest BCUT2D eigenvalue weighted by atomic mass is 16.5. The van der Waals surface area contributed by atoms with Crippen molar-refractivity contribution in [2.75, 3.05) is 59.1 Å². The highest BCUT2D eigenvalue weighted by Gasteiger charge is 2.25. The van der Waals surface area contributed by atoms with E-state index in [1.165, 1.54) is 32.1 Å². The number of aliphatic hydroxyl groups is 1. The SMILES string of the molecule is CCNC(=NCC(C)(O)CN1CCOCC1)NCCCCCOC1CCCCC1. The van der Waals surface area contributed by atoms with E-state index in [0.29, 0.717) is 19.2 Å². The van der Waals surface area contributed by atoms with Gasteiger partial charge in [0.2, 0.25) is 0 Å². The van der Waals surface area contributed by atoms with Crippen LogP contribution < -0.4 is 10.6 Å². The third kappa shape index (κ3) is 11.2. The number of hydrogen-bond acceptors (Lipinski definition) is 5. The molecule has 1 aliphatic carbocycles. The van der Waals surface area contributed by atoms with Crippen molar-refractivity contribution in [1.82, 2.24) is 15.5 Å². The highest BCUT2D eigenvalue weighted by molar-refractivity contribution is 5.79. The molecule has 2 aliphatic rings. The standard InChI is InChI=1S/C22H44N4O3/c1-3-23-21(25-18-22(2,27)19-26-13-16-28-17-14-26)24-12-8-5-9-15-29-20-10-6-4-7-11-20/h20,27H,3-19H2,1-2H3,(H2,23,24,25). The van der Waals surface area contributed by atoms with Gasteiger partial charge in [0.25, 0.3) is 0 Å². The lowest BCUT2D eigenvalue weighted by Crippen LogP contribution is -2.48. The fourth-order valence-corrected chi connectivity index (χ4v) is 3.97. The van der Waals surface area contributed by atoms with Crippen LogP contribution in [0.2, 0.25) is 0 Å². The maximum absolute atomic E-state index is 10.7. The number of β-amino-alcohol motifs (C(OH)–C–C–N with tert-alkyl or cyclic N) is 1. The minimum Gasteiger partial charge on any atom is -0.387 e. The molecule has 2 fully saturated rings. The van der Waals surface area contributed by atoms with Gasteiger partial charge in [-0.2, -0.15) is 0 Å². The Morgan fingerprint density at radius 2 is 1.90 bits per heavy atom. The first-order valence-corrected chi connectivity index (χ1v) is 11.8. The zero-order valence-electron chi connectivity index (χ0n) is 18.8. The van der Waals surface area contributed by atoms with Gasteiger partial charge in [0.05, 0.1) is 31.5 Å². The second-order valence-corrected chi connectivity index (χ2v) is 8.70. The summed E-state index contributed by atoms with van der Waals surface area (Å²) in [6, 6.07) is 0. The van der Waals surface area contributed by atoms with E-state index in [2.05, 4.69) is 27.4 Å². The van der Waals surface area contributed by atoms with Crippen molar-refractivity contribution in [3.8, 4) is 0 Å². The smallest absolute Gasteiger partial charge is 0.191 e. The summed E-state index contributed by atoms with van der Waals surface area (Å²) in [6.45, 7) is 10.8. The maximum Gasteiger partial charge on any atom is 0.191 e. The van der Waals surface area contributed by atoms with Crippen molar-refractivity contribution < 1.29 is 14.6 Å². The van der Waals surface area contributed by atoms with Crippen molar-refractivity contribution in [3.05, 3.63) is 0 Å². The summed E-state index contributed by atoms with van der Waals surface area (Å²) in [4.78, 5) is 6.85. The molecule has 0 aromatic rings. The summed E-state index contributed by atoms with van der Waals surface area (Å²) >= 11 is 0. The Bertz CT molecular complexity index is 447. The van der Waals surface area contributed by atoms with Crippen molar-refractivity contribution >= 4 is 5.96 Å². The molecule has 1 aliphatic heterocycles. The Balaban J connectivity index is 1.58. The number of morpholine rings is 1. The molecule has 0 radical (unpaired) electrons. The summed E-state index contributed by atoms with van der Waals surface area (Å²) in [5.74, 6) is 0.785. The zero-order chi connectivity index (χ0) is 20.8. The van der Waals surface area contributed by atoms with Crippen LogP contribution in [0.15, 0.2) is 4.99 Å². The number of ether oxygens (including phenoxy) is 2. The molecule has 0 amide bonds. The molecule has 1 atom stereocenters. The number of unbranched alkanes of at least 4 members (excludes halogenated alkanes) is 2. The molecule has 0 aromatic heterocycles. The van der Waals surface area contributed by atoms with Crippen LogP contribution in [0.3, 0.4) is 0 Å². The molecular weight excluding hydrogens is 368 g/mol. The second-order valence-electron chi connectivity index (χ2n) is 8.70. The molecular formula is C22H44N4O3. The van der Waals surface area contributed by atoms with Gasteiger partial charge in [-0.15, -0.1) is 0 Å². The van der Waals surface area contributed by atoms with E-state index in [4.69, 9.17) is 9.47 Å². The van der Waals surface area contributed by atoms with Gasteiger partial charge in [0, 0.05) is 39.3 Å². The Morgan fingerprint density at radius 1 is 1.14 bits per heavy atom. The average Bonchev–Trinajstić information content (AvgIpc) is 2.72. The van der Waals surface area contributed by atoms with Crippen molar-refractivity contribution in [1.29, 1.82) is 0 Å². The molecule has 2 rings (SSSR count). The number of aliphatic imine (C=N–C) groups is 1. The molecule has 1 heterocycles. The van der Waals surface area contributed by atoms with Crippen molar-refractivity contribution in [2.24, 2.45) is 4.99 Å². The molecule has 170 valence electrons. The molecule has 7 heteroatoms. The van der Waals surface area contributed by atoms with Gasteiger partial charge in [-0.1, -0.05) is 19.3 Å². The predicted octanol–water partition coefficient (Wildman–Crippen LogP) is 2.14. The van der Waals surface area contributed by atoms with Crippen LogP contribution in [0, 0.1) is 0 Å². The van der Waals surface area contributed by atoms with Gasteiger partial charge in [0.1, 0.15) is 0 Å². The Hall–Kier alpha value is -0.890. The monoisotopic (exact) mass is 412 g/mol. The lowest BCUT2D eigenvalue weighted by atomic mass is 9.98. The molecule has 0 bridgehead atoms. The fraction of sp³-hybridized carbons (Fsp3) is 0.955. The maximum atomic E-state index is 10.7. The van der Waals surface area contributed by atoms with Crippen molar-refractivity contribution in [2.45, 2.75) is 76.9 Å². The van der Waals surface area contributed by atoms with E-state index in [9.17, 15) is 5.11 Å². The van der Waals surface area contributed by atoms with Crippen molar-refractivity contribution in [3.63, 3.8) is 0 Å². The number of rotatable bonds is 12. The first-order valence-electron chi connectivity index (χ1n) is 11.8. The number of nitrogens with zero attached hydrogens (tertiary/aromatic N) is 2. The van der Waals surface area contributed by atoms with Crippen LogP contribution in [-0.4, -0.2) is 86.8 Å². The molecule has 1 saturated carbocycles. The lowest BCUT2D eigenvalue weighted by molar-refractivity contribution is -0.0180. The lowest BCUT2D eigenvalue weighted by Gasteiger charge is -2.33. The molecule has 1 unspecified atom stereocenters. The molecule has 7 nitrogen and oxygen atoms in total. The topological polar surface area (TPSA) is 78.4 Å². The summed E-state index contributed by atoms with van der Waals surface area (Å²) in [6.07, 6.45) is 10.4. The molecule has 0 aromatic carbocycles. The summed E-state index contributed by atoms with van der Waals surface area (Å²) in [5, 5.41) is 17.4. The van der Waals surface area contributed by atoms with Crippen LogP contribution in [0.4, 0.5) is 0 Å². The molecule has 1 saturated heterocycles. The third-order valence-corrected chi connectivity index (χ3v) is 5.61. The van der Waals surface area contributed by atoms with E-state index >= 15 is 0 Å². The van der Waals surface area contributed by atoms with Crippen LogP contribution in [-0.2, 0) is 9.47 Å². The van der Waals surface area contributed by atoms with Gasteiger partial charge in [-0.05, 0) is 46.0 Å². The zero-order valence-corrected chi connectivity index (χ0v) is 18.8. The normalized spacial score (nSPS) is 21.7. The number of nitrogens with one attached hydrogen (secondary N) is 2. The van der Waals surface area contributed by atoms with Crippen LogP contribution in [0.25, 0.3) is 0 Å². The number of guanidine groups is 1. The first kappa shape index (κ1) is 24.4. The summed E-state index contributed by atoms with van der Waals surface area (Å²) in [7, 11) is 0. The molecule has 0 spiro atoms. The average molecular weight is 413 g/mol. The fourth-order valence-electron chi connectivity index (χ4n) is 3.97. The van der Waals surface area contributed by atoms with E-state index in [-0.39, 0.29) is 0 Å². The Kier molecular flexibility index (Phi) is 11.9. The highest BCUT2D eigenvalue weighted by Crippen LogP contribution is 2.20. The van der Waals surface area contributed by atoms with Crippen LogP contribution in [0.1, 0.15) is 65.2 Å². The second kappa shape index (κ2) is 14.2. The van der Waals surface area contributed by atoms with E-state index in [0.717, 1.165) is 71.2 Å². The van der Waals surface area contributed by atoms with Gasteiger partial charge in [0.15, 0.2) is 5.96 Å². The predicted molar refractivity (Wildman–Crippen MR) is 119 cm³/mol. The summed E-state index contributed by atoms with van der Waals surface area (Å²) < 4.78 is 11.4. The molecule has 29 heavy (non-hydrogen) atoms. The van der Waals surface area contributed by atoms with Gasteiger partial charge >= 0.3 is 0 Å². The first-order chi connectivity index (χ1) is 14.1. The minimum absolute atomic E-state index is 0.384. The van der Waals surface area contributed by atoms with E-state index < -0.39 is 5.60 Å². The molecule has 3 N–H and O–H groups in total. The quantitative estimate of drug-likeness (QED) is 0.259. The van der Waals surface area contributed by atoms with Gasteiger partial charge < -0.3 is 25.2 Å².